The number of carbonyl (C=O) groups is 1. The third-order valence-electron chi connectivity index (χ3n) is 6.32. The zero-order chi connectivity index (χ0) is 20.6. The van der Waals surface area contributed by atoms with E-state index in [-0.39, 0.29) is 27.7 Å². The Morgan fingerprint density at radius 2 is 1.72 bits per heavy atom. The minimum absolute atomic E-state index is 0.0517. The van der Waals surface area contributed by atoms with Crippen molar-refractivity contribution in [2.75, 3.05) is 45.5 Å². The van der Waals surface area contributed by atoms with Crippen LogP contribution in [0.1, 0.15) is 36.0 Å². The monoisotopic (exact) mass is 441 g/mol. The predicted molar refractivity (Wildman–Crippen MR) is 112 cm³/mol. The molecule has 0 unspecified atom stereocenters. The number of benzene rings is 1. The number of nitrogens with zero attached hydrogens (tertiary/aromatic N) is 3. The molecule has 0 radical (unpaired) electrons. The number of amides is 1. The predicted octanol–water partition coefficient (Wildman–Crippen LogP) is 2.26. The topological polar surface area (TPSA) is 60.9 Å². The van der Waals surface area contributed by atoms with Gasteiger partial charge in [0, 0.05) is 37.5 Å². The smallest absolute Gasteiger partial charge is 0.256 e. The van der Waals surface area contributed by atoms with Crippen molar-refractivity contribution >= 4 is 27.7 Å². The van der Waals surface area contributed by atoms with Crippen LogP contribution in [0, 0.1) is 5.82 Å². The van der Waals surface area contributed by atoms with Gasteiger partial charge in [-0.2, -0.15) is 16.1 Å². The van der Waals surface area contributed by atoms with Crippen LogP contribution in [-0.4, -0.2) is 85.2 Å². The summed E-state index contributed by atoms with van der Waals surface area (Å²) in [6.07, 6.45) is 6.17. The molecule has 2 atom stereocenters. The first-order chi connectivity index (χ1) is 13.9. The number of hydrogen-bond acceptors (Lipinski definition) is 5. The van der Waals surface area contributed by atoms with E-state index in [4.69, 9.17) is 0 Å². The van der Waals surface area contributed by atoms with Gasteiger partial charge in [0.1, 0.15) is 5.82 Å². The zero-order valence-corrected chi connectivity index (χ0v) is 18.4. The first kappa shape index (κ1) is 21.1. The summed E-state index contributed by atoms with van der Waals surface area (Å²) >= 11 is 1.69. The molecule has 0 bridgehead atoms. The summed E-state index contributed by atoms with van der Waals surface area (Å²) in [4.78, 5) is 16.4. The van der Waals surface area contributed by atoms with Gasteiger partial charge in [-0.25, -0.2) is 12.8 Å². The summed E-state index contributed by atoms with van der Waals surface area (Å²) < 4.78 is 42.5. The average Bonchev–Trinajstić information content (AvgIpc) is 3.48. The third-order valence-corrected chi connectivity index (χ3v) is 9.21. The maximum absolute atomic E-state index is 14.7. The molecule has 3 heterocycles. The van der Waals surface area contributed by atoms with Crippen molar-refractivity contribution in [3.05, 3.63) is 29.6 Å². The normalized spacial score (nSPS) is 26.5. The van der Waals surface area contributed by atoms with Crippen molar-refractivity contribution in [1.82, 2.24) is 14.1 Å². The number of carbonyl (C=O) groups excluding carboxylic acids is 1. The van der Waals surface area contributed by atoms with Crippen LogP contribution in [0.2, 0.25) is 0 Å². The lowest BCUT2D eigenvalue weighted by atomic mass is 10.2. The van der Waals surface area contributed by atoms with Gasteiger partial charge in [0.25, 0.3) is 5.91 Å². The molecule has 6 nitrogen and oxygen atoms in total. The second-order valence-electron chi connectivity index (χ2n) is 8.05. The van der Waals surface area contributed by atoms with Gasteiger partial charge >= 0.3 is 0 Å². The molecule has 0 N–H and O–H groups in total. The van der Waals surface area contributed by atoms with Gasteiger partial charge in [-0.15, -0.1) is 0 Å². The molecule has 3 saturated heterocycles. The highest BCUT2D eigenvalue weighted by molar-refractivity contribution is 7.99. The lowest BCUT2D eigenvalue weighted by Gasteiger charge is -2.27. The first-order valence-electron chi connectivity index (χ1n) is 10.3. The van der Waals surface area contributed by atoms with E-state index in [0.717, 1.165) is 44.8 Å². The molecule has 4 rings (SSSR count). The summed E-state index contributed by atoms with van der Waals surface area (Å²) in [5.41, 5.74) is -0.0517. The summed E-state index contributed by atoms with van der Waals surface area (Å²) in [5.74, 6) is -1.12. The van der Waals surface area contributed by atoms with E-state index in [0.29, 0.717) is 26.2 Å². The van der Waals surface area contributed by atoms with Crippen molar-refractivity contribution < 1.29 is 17.6 Å². The largest absolute Gasteiger partial charge is 0.339 e. The Balaban J connectivity index is 1.54. The fraction of sp³-hybridized carbons (Fsp3) is 0.650. The molecule has 1 aromatic rings. The lowest BCUT2D eigenvalue weighted by molar-refractivity contribution is 0.0788. The zero-order valence-electron chi connectivity index (χ0n) is 16.7. The van der Waals surface area contributed by atoms with E-state index >= 15 is 0 Å². The highest BCUT2D eigenvalue weighted by Gasteiger charge is 2.42. The van der Waals surface area contributed by atoms with Crippen molar-refractivity contribution in [2.45, 2.75) is 41.9 Å². The number of likely N-dealkylation sites (tertiary alicyclic amines) is 2. The van der Waals surface area contributed by atoms with Crippen LogP contribution in [0.4, 0.5) is 4.39 Å². The summed E-state index contributed by atoms with van der Waals surface area (Å²) in [7, 11) is -3.80. The van der Waals surface area contributed by atoms with Crippen molar-refractivity contribution in [1.29, 1.82) is 0 Å². The molecule has 1 amide bonds. The Morgan fingerprint density at radius 3 is 2.34 bits per heavy atom. The highest BCUT2D eigenvalue weighted by atomic mass is 32.2. The molecule has 3 aliphatic heterocycles. The Bertz CT molecular complexity index is 868. The Kier molecular flexibility index (Phi) is 6.20. The van der Waals surface area contributed by atoms with Gasteiger partial charge in [-0.05, 0) is 63.2 Å². The lowest BCUT2D eigenvalue weighted by Crippen LogP contribution is -2.40. The summed E-state index contributed by atoms with van der Waals surface area (Å²) in [6, 6.07) is 3.90. The van der Waals surface area contributed by atoms with Crippen LogP contribution < -0.4 is 0 Å². The molecule has 3 fully saturated rings. The van der Waals surface area contributed by atoms with Gasteiger partial charge in [0.05, 0.1) is 10.5 Å². The quantitative estimate of drug-likeness (QED) is 0.702. The first-order valence-corrected chi connectivity index (χ1v) is 13.0. The number of thioether (sulfide) groups is 1. The molecule has 0 saturated carbocycles. The second kappa shape index (κ2) is 8.53. The van der Waals surface area contributed by atoms with Crippen LogP contribution in [0.3, 0.4) is 0 Å². The molecule has 160 valence electrons. The van der Waals surface area contributed by atoms with Crippen molar-refractivity contribution in [3.8, 4) is 0 Å². The molecule has 0 aromatic heterocycles. The number of rotatable bonds is 5. The fourth-order valence-electron chi connectivity index (χ4n) is 4.64. The van der Waals surface area contributed by atoms with Crippen LogP contribution in [-0.2, 0) is 10.0 Å². The molecule has 1 aromatic carbocycles. The second-order valence-corrected chi connectivity index (χ2v) is 11.1. The Labute approximate surface area is 176 Å². The summed E-state index contributed by atoms with van der Waals surface area (Å²) in [5, 5.41) is 0.212. The van der Waals surface area contributed by atoms with E-state index in [1.807, 2.05) is 6.26 Å². The van der Waals surface area contributed by atoms with Crippen LogP contribution in [0.15, 0.2) is 23.1 Å². The molecular weight excluding hydrogens is 413 g/mol. The maximum Gasteiger partial charge on any atom is 0.256 e. The maximum atomic E-state index is 14.7. The van der Waals surface area contributed by atoms with Crippen molar-refractivity contribution in [3.63, 3.8) is 0 Å². The number of sulfonamides is 1. The molecule has 0 aliphatic carbocycles. The molecule has 0 spiro atoms. The number of hydrogen-bond donors (Lipinski definition) is 0. The van der Waals surface area contributed by atoms with Gasteiger partial charge in [0.15, 0.2) is 0 Å². The van der Waals surface area contributed by atoms with Gasteiger partial charge in [0.2, 0.25) is 10.0 Å². The van der Waals surface area contributed by atoms with Gasteiger partial charge in [-0.3, -0.25) is 9.69 Å². The third kappa shape index (κ3) is 4.06. The van der Waals surface area contributed by atoms with Crippen LogP contribution in [0.5, 0.6) is 0 Å². The standard InChI is InChI=1S/C20H28FN3O3S2/c1-28-19-14-24(13-18(19)22-8-2-3-9-22)29(26,27)15-6-7-16(17(21)12-15)20(25)23-10-4-5-11-23/h6-7,12,18-19H,2-5,8-11,13-14H2,1H3/t18-,19+/m0/s1. The van der Waals surface area contributed by atoms with Gasteiger partial charge in [-0.1, -0.05) is 0 Å². The van der Waals surface area contributed by atoms with Gasteiger partial charge < -0.3 is 4.90 Å². The Hall–Kier alpha value is -1.16. The fourth-order valence-corrected chi connectivity index (χ4v) is 7.14. The summed E-state index contributed by atoms with van der Waals surface area (Å²) in [6.45, 7) is 4.14. The Morgan fingerprint density at radius 1 is 1.07 bits per heavy atom. The number of halogens is 1. The van der Waals surface area contributed by atoms with E-state index in [9.17, 15) is 17.6 Å². The van der Waals surface area contributed by atoms with Crippen LogP contribution >= 0.6 is 11.8 Å². The molecule has 3 aliphatic rings. The highest BCUT2D eigenvalue weighted by Crippen LogP contribution is 2.32. The van der Waals surface area contributed by atoms with E-state index in [1.54, 1.807) is 16.7 Å². The molecule has 29 heavy (non-hydrogen) atoms. The minimum atomic E-state index is -3.80. The minimum Gasteiger partial charge on any atom is -0.339 e. The SMILES string of the molecule is CS[C@@H]1CN(S(=O)(=O)c2ccc(C(=O)N3CCCC3)c(F)c2)C[C@@H]1N1CCCC1. The van der Waals surface area contributed by atoms with Crippen molar-refractivity contribution in [2.24, 2.45) is 0 Å². The average molecular weight is 442 g/mol. The van der Waals surface area contributed by atoms with Crippen LogP contribution in [0.25, 0.3) is 0 Å². The molecular formula is C20H28FN3O3S2. The van der Waals surface area contributed by atoms with E-state index in [1.165, 1.54) is 16.4 Å². The molecule has 9 heteroatoms. The van der Waals surface area contributed by atoms with E-state index < -0.39 is 15.8 Å². The van der Waals surface area contributed by atoms with E-state index in [2.05, 4.69) is 4.90 Å².